The number of benzene rings is 1. The number of allylic oxidation sites excluding steroid dienone is 3. The molecule has 0 saturated heterocycles. The topological polar surface area (TPSA) is 27.0 Å². The Morgan fingerprint density at radius 3 is 2.67 bits per heavy atom. The van der Waals surface area contributed by atoms with Gasteiger partial charge in [0.05, 0.1) is 17.5 Å². The van der Waals surface area contributed by atoms with Crippen LogP contribution >= 0.6 is 0 Å². The Balaban J connectivity index is 2.26. The van der Waals surface area contributed by atoms with Crippen molar-refractivity contribution in [1.29, 1.82) is 5.26 Å². The van der Waals surface area contributed by atoms with Crippen LogP contribution in [-0.2, 0) is 6.42 Å². The van der Waals surface area contributed by atoms with Crippen LogP contribution in [0.3, 0.4) is 0 Å². The van der Waals surface area contributed by atoms with Crippen molar-refractivity contribution in [2.75, 3.05) is 11.4 Å². The van der Waals surface area contributed by atoms with E-state index in [9.17, 15) is 5.26 Å². The van der Waals surface area contributed by atoms with Gasteiger partial charge in [-0.3, -0.25) is 0 Å². The first-order chi connectivity index (χ1) is 10.3. The summed E-state index contributed by atoms with van der Waals surface area (Å²) < 4.78 is 0. The first-order valence-corrected chi connectivity index (χ1v) is 8.03. The molecule has 0 fully saturated rings. The van der Waals surface area contributed by atoms with E-state index < -0.39 is 0 Å². The molecule has 0 N–H and O–H groups in total. The third-order valence-electron chi connectivity index (χ3n) is 4.48. The summed E-state index contributed by atoms with van der Waals surface area (Å²) in [6.07, 6.45) is 7.27. The van der Waals surface area contributed by atoms with E-state index in [1.165, 1.54) is 28.0 Å². The highest BCUT2D eigenvalue weighted by Gasteiger charge is 2.32. The lowest BCUT2D eigenvalue weighted by atomic mass is 9.86. The summed E-state index contributed by atoms with van der Waals surface area (Å²) >= 11 is 0. The Morgan fingerprint density at radius 2 is 1.95 bits per heavy atom. The van der Waals surface area contributed by atoms with Gasteiger partial charge in [0, 0.05) is 18.2 Å². The second-order valence-electron chi connectivity index (χ2n) is 5.83. The molecule has 0 atom stereocenters. The second-order valence-corrected chi connectivity index (χ2v) is 5.83. The number of hydrogen-bond donors (Lipinski definition) is 0. The smallest absolute Gasteiger partial charge is 0.0934 e. The van der Waals surface area contributed by atoms with E-state index in [1.807, 2.05) is 0 Å². The molecular weight excluding hydrogens is 256 g/mol. The number of nitrogens with zero attached hydrogens (tertiary/aromatic N) is 2. The molecule has 2 heterocycles. The SMILES string of the molecule is CCCC1=C(CCC)c2cccc3c2N(CC3)/C1=C/C#N. The Bertz CT molecular complexity index is 659. The van der Waals surface area contributed by atoms with Crippen LogP contribution in [0, 0.1) is 11.3 Å². The largest absolute Gasteiger partial charge is 0.340 e. The van der Waals surface area contributed by atoms with Gasteiger partial charge in [-0.15, -0.1) is 0 Å². The minimum Gasteiger partial charge on any atom is -0.340 e. The quantitative estimate of drug-likeness (QED) is 0.738. The molecule has 1 aromatic carbocycles. The van der Waals surface area contributed by atoms with E-state index in [1.54, 1.807) is 6.08 Å². The lowest BCUT2D eigenvalue weighted by molar-refractivity contribution is 0.850. The van der Waals surface area contributed by atoms with Gasteiger partial charge in [-0.25, -0.2) is 0 Å². The molecule has 3 rings (SSSR count). The van der Waals surface area contributed by atoms with E-state index in [-0.39, 0.29) is 0 Å². The number of rotatable bonds is 4. The summed E-state index contributed by atoms with van der Waals surface area (Å²) in [5.41, 5.74) is 8.22. The maximum absolute atomic E-state index is 9.22. The van der Waals surface area contributed by atoms with Gasteiger partial charge in [0.1, 0.15) is 0 Å². The number of hydrogen-bond acceptors (Lipinski definition) is 2. The molecule has 0 aliphatic carbocycles. The van der Waals surface area contributed by atoms with Crippen molar-refractivity contribution in [2.45, 2.75) is 46.0 Å². The van der Waals surface area contributed by atoms with E-state index in [2.05, 4.69) is 43.0 Å². The van der Waals surface area contributed by atoms with Gasteiger partial charge in [-0.2, -0.15) is 5.26 Å². The lowest BCUT2D eigenvalue weighted by Crippen LogP contribution is -2.26. The molecule has 0 saturated carbocycles. The van der Waals surface area contributed by atoms with Gasteiger partial charge in [-0.05, 0) is 36.0 Å². The average Bonchev–Trinajstić information content (AvgIpc) is 2.92. The van der Waals surface area contributed by atoms with Crippen LogP contribution in [0.1, 0.15) is 50.7 Å². The molecule has 21 heavy (non-hydrogen) atoms. The van der Waals surface area contributed by atoms with Crippen LogP contribution in [0.2, 0.25) is 0 Å². The summed E-state index contributed by atoms with van der Waals surface area (Å²) in [6.45, 7) is 5.46. The molecule has 108 valence electrons. The first-order valence-electron chi connectivity index (χ1n) is 8.03. The fourth-order valence-electron chi connectivity index (χ4n) is 3.71. The summed E-state index contributed by atoms with van der Waals surface area (Å²) in [5, 5.41) is 9.22. The maximum Gasteiger partial charge on any atom is 0.0934 e. The lowest BCUT2D eigenvalue weighted by Gasteiger charge is -2.34. The molecule has 2 heteroatoms. The van der Waals surface area contributed by atoms with E-state index >= 15 is 0 Å². The fourth-order valence-corrected chi connectivity index (χ4v) is 3.71. The molecule has 0 unspecified atom stereocenters. The molecule has 0 spiro atoms. The summed E-state index contributed by atoms with van der Waals surface area (Å²) in [5.74, 6) is 0. The minimum atomic E-state index is 1.01. The number of anilines is 1. The molecule has 0 aromatic heterocycles. The van der Waals surface area contributed by atoms with Crippen LogP contribution < -0.4 is 4.90 Å². The third-order valence-corrected chi connectivity index (χ3v) is 4.48. The monoisotopic (exact) mass is 278 g/mol. The average molecular weight is 278 g/mol. The molecule has 2 aliphatic heterocycles. The van der Waals surface area contributed by atoms with Gasteiger partial charge < -0.3 is 4.90 Å². The Kier molecular flexibility index (Phi) is 3.84. The predicted molar refractivity (Wildman–Crippen MR) is 87.9 cm³/mol. The zero-order valence-corrected chi connectivity index (χ0v) is 12.9. The Labute approximate surface area is 127 Å². The highest BCUT2D eigenvalue weighted by molar-refractivity contribution is 5.90. The van der Waals surface area contributed by atoms with E-state index in [0.29, 0.717) is 0 Å². The first kappa shape index (κ1) is 13.9. The van der Waals surface area contributed by atoms with Crippen LogP contribution in [0.25, 0.3) is 5.57 Å². The molecule has 1 aromatic rings. The standard InChI is InChI=1S/C19H22N2/c1-3-6-15-16(7-4-2)18(10-12-20)21-13-11-14-8-5-9-17(15)19(14)21/h5,8-10H,3-4,6-7,11,13H2,1-2H3/b18-10+. The van der Waals surface area contributed by atoms with Crippen molar-refractivity contribution < 1.29 is 0 Å². The van der Waals surface area contributed by atoms with Crippen molar-refractivity contribution >= 4 is 11.3 Å². The van der Waals surface area contributed by atoms with E-state index in [4.69, 9.17) is 0 Å². The molecule has 0 amide bonds. The summed E-state index contributed by atoms with van der Waals surface area (Å²) in [4.78, 5) is 2.37. The molecule has 2 aliphatic rings. The van der Waals surface area contributed by atoms with Crippen LogP contribution in [-0.4, -0.2) is 6.54 Å². The van der Waals surface area contributed by atoms with Crippen LogP contribution in [0.4, 0.5) is 5.69 Å². The molecular formula is C19H22N2. The van der Waals surface area contributed by atoms with Crippen molar-refractivity contribution in [3.63, 3.8) is 0 Å². The van der Waals surface area contributed by atoms with Gasteiger partial charge in [0.25, 0.3) is 0 Å². The van der Waals surface area contributed by atoms with Crippen LogP contribution in [0.15, 0.2) is 35.5 Å². The highest BCUT2D eigenvalue weighted by Crippen LogP contribution is 2.47. The fraction of sp³-hybridized carbons (Fsp3) is 0.421. The van der Waals surface area contributed by atoms with Crippen molar-refractivity contribution in [2.24, 2.45) is 0 Å². The molecule has 0 bridgehead atoms. The molecule has 0 radical (unpaired) electrons. The highest BCUT2D eigenvalue weighted by atomic mass is 15.2. The summed E-state index contributed by atoms with van der Waals surface area (Å²) in [6, 6.07) is 8.96. The van der Waals surface area contributed by atoms with Gasteiger partial charge in [-0.1, -0.05) is 44.9 Å². The van der Waals surface area contributed by atoms with Crippen molar-refractivity contribution in [3.8, 4) is 6.07 Å². The van der Waals surface area contributed by atoms with Gasteiger partial charge >= 0.3 is 0 Å². The zero-order valence-electron chi connectivity index (χ0n) is 12.9. The van der Waals surface area contributed by atoms with Crippen LogP contribution in [0.5, 0.6) is 0 Å². The van der Waals surface area contributed by atoms with E-state index in [0.717, 1.165) is 44.3 Å². The normalized spacial score (nSPS) is 18.1. The number of para-hydroxylation sites is 1. The Morgan fingerprint density at radius 1 is 1.19 bits per heavy atom. The summed E-state index contributed by atoms with van der Waals surface area (Å²) in [7, 11) is 0. The third kappa shape index (κ3) is 2.17. The van der Waals surface area contributed by atoms with Crippen molar-refractivity contribution in [1.82, 2.24) is 0 Å². The second kappa shape index (κ2) is 5.77. The maximum atomic E-state index is 9.22. The van der Waals surface area contributed by atoms with Gasteiger partial charge in [0.2, 0.25) is 0 Å². The predicted octanol–water partition coefficient (Wildman–Crippen LogP) is 4.82. The zero-order chi connectivity index (χ0) is 14.8. The van der Waals surface area contributed by atoms with Gasteiger partial charge in [0.15, 0.2) is 0 Å². The number of nitriles is 1. The van der Waals surface area contributed by atoms with Crippen molar-refractivity contribution in [3.05, 3.63) is 46.7 Å². The Hall–Kier alpha value is -2.01. The molecule has 2 nitrogen and oxygen atoms in total. The minimum absolute atomic E-state index is 1.01.